The highest BCUT2D eigenvalue weighted by Gasteiger charge is 2.30. The van der Waals surface area contributed by atoms with E-state index in [0.29, 0.717) is 6.04 Å². The van der Waals surface area contributed by atoms with Crippen LogP contribution in [0.15, 0.2) is 0 Å². The molecule has 1 heterocycles. The third-order valence-corrected chi connectivity index (χ3v) is 3.92. The van der Waals surface area contributed by atoms with E-state index in [1.165, 1.54) is 65.0 Å². The summed E-state index contributed by atoms with van der Waals surface area (Å²) in [5.74, 6) is 0. The molecule has 3 nitrogen and oxygen atoms in total. The predicted octanol–water partition coefficient (Wildman–Crippen LogP) is 1.54. The van der Waals surface area contributed by atoms with Crippen molar-refractivity contribution in [2.24, 2.45) is 0 Å². The Bertz CT molecular complexity index is 206. The van der Waals surface area contributed by atoms with Crippen LogP contribution in [0.3, 0.4) is 0 Å². The van der Waals surface area contributed by atoms with Gasteiger partial charge in [0.1, 0.15) is 0 Å². The first kappa shape index (κ1) is 13.3. The zero-order valence-corrected chi connectivity index (χ0v) is 11.6. The monoisotopic (exact) mass is 239 g/mol. The first-order valence-electron chi connectivity index (χ1n) is 7.45. The molecular formula is C14H29N3. The summed E-state index contributed by atoms with van der Waals surface area (Å²) in [6.45, 7) is 12.2. The second kappa shape index (κ2) is 6.72. The van der Waals surface area contributed by atoms with Crippen molar-refractivity contribution in [1.82, 2.24) is 15.1 Å². The second-order valence-corrected chi connectivity index (χ2v) is 5.92. The van der Waals surface area contributed by atoms with Gasteiger partial charge in [-0.15, -0.1) is 0 Å². The van der Waals surface area contributed by atoms with Gasteiger partial charge in [0.15, 0.2) is 0 Å². The lowest BCUT2D eigenvalue weighted by atomic mass is 10.2. The predicted molar refractivity (Wildman–Crippen MR) is 73.4 cm³/mol. The molecule has 1 aliphatic carbocycles. The first-order chi connectivity index (χ1) is 8.25. The number of nitrogens with one attached hydrogen (secondary N) is 1. The van der Waals surface area contributed by atoms with Crippen LogP contribution in [-0.2, 0) is 0 Å². The molecule has 2 fully saturated rings. The molecule has 100 valence electrons. The minimum absolute atomic E-state index is 0.636. The molecule has 1 N–H and O–H groups in total. The number of piperazine rings is 1. The van der Waals surface area contributed by atoms with E-state index in [2.05, 4.69) is 29.0 Å². The van der Waals surface area contributed by atoms with E-state index in [1.807, 2.05) is 0 Å². The number of hydrogen-bond acceptors (Lipinski definition) is 3. The third-order valence-electron chi connectivity index (χ3n) is 3.92. The molecule has 2 aliphatic rings. The Labute approximate surface area is 107 Å². The molecule has 0 spiro atoms. The molecule has 0 aromatic carbocycles. The van der Waals surface area contributed by atoms with Crippen molar-refractivity contribution >= 4 is 0 Å². The zero-order chi connectivity index (χ0) is 12.1. The van der Waals surface area contributed by atoms with Gasteiger partial charge in [0.2, 0.25) is 0 Å². The number of nitrogens with zero attached hydrogens (tertiary/aromatic N) is 2. The molecule has 1 saturated carbocycles. The fourth-order valence-electron chi connectivity index (χ4n) is 2.64. The van der Waals surface area contributed by atoms with Gasteiger partial charge in [-0.2, -0.15) is 0 Å². The normalized spacial score (nSPS) is 23.5. The fourth-order valence-corrected chi connectivity index (χ4v) is 2.64. The van der Waals surface area contributed by atoms with Gasteiger partial charge in [0.25, 0.3) is 0 Å². The standard InChI is InChI=1S/C14H29N3/c1-13(2)15-7-3-4-8-16-9-11-17(12-10-16)14-5-6-14/h13-15H,3-12H2,1-2H3. The average Bonchev–Trinajstić information content (AvgIpc) is 3.13. The first-order valence-corrected chi connectivity index (χ1v) is 7.45. The summed E-state index contributed by atoms with van der Waals surface area (Å²) in [4.78, 5) is 5.34. The van der Waals surface area contributed by atoms with Gasteiger partial charge in [0.05, 0.1) is 0 Å². The van der Waals surface area contributed by atoms with Crippen LogP contribution >= 0.6 is 0 Å². The van der Waals surface area contributed by atoms with E-state index in [0.717, 1.165) is 6.04 Å². The van der Waals surface area contributed by atoms with E-state index in [-0.39, 0.29) is 0 Å². The largest absolute Gasteiger partial charge is 0.315 e. The van der Waals surface area contributed by atoms with Crippen LogP contribution in [-0.4, -0.2) is 61.2 Å². The molecule has 0 atom stereocenters. The molecule has 0 aromatic rings. The van der Waals surface area contributed by atoms with Crippen molar-refractivity contribution in [3.8, 4) is 0 Å². The Morgan fingerprint density at radius 3 is 2.35 bits per heavy atom. The minimum atomic E-state index is 0.636. The van der Waals surface area contributed by atoms with Crippen LogP contribution in [0.5, 0.6) is 0 Å². The molecule has 1 aliphatic heterocycles. The molecule has 0 unspecified atom stereocenters. The van der Waals surface area contributed by atoms with E-state index in [1.54, 1.807) is 0 Å². The molecule has 0 radical (unpaired) electrons. The van der Waals surface area contributed by atoms with Gasteiger partial charge in [0, 0.05) is 38.3 Å². The Hall–Kier alpha value is -0.120. The summed E-state index contributed by atoms with van der Waals surface area (Å²) in [6, 6.07) is 1.60. The van der Waals surface area contributed by atoms with Crippen LogP contribution in [0.4, 0.5) is 0 Å². The quantitative estimate of drug-likeness (QED) is 0.680. The van der Waals surface area contributed by atoms with Crippen molar-refractivity contribution in [3.05, 3.63) is 0 Å². The molecule has 0 amide bonds. The fraction of sp³-hybridized carbons (Fsp3) is 1.00. The lowest BCUT2D eigenvalue weighted by Gasteiger charge is -2.34. The summed E-state index contributed by atoms with van der Waals surface area (Å²) in [6.07, 6.45) is 5.59. The van der Waals surface area contributed by atoms with Gasteiger partial charge in [-0.25, -0.2) is 0 Å². The third kappa shape index (κ3) is 4.94. The molecule has 17 heavy (non-hydrogen) atoms. The molecular weight excluding hydrogens is 210 g/mol. The van der Waals surface area contributed by atoms with Crippen molar-refractivity contribution < 1.29 is 0 Å². The van der Waals surface area contributed by atoms with E-state index >= 15 is 0 Å². The van der Waals surface area contributed by atoms with Crippen LogP contribution in [0.25, 0.3) is 0 Å². The highest BCUT2D eigenvalue weighted by Crippen LogP contribution is 2.27. The van der Waals surface area contributed by atoms with E-state index in [9.17, 15) is 0 Å². The summed E-state index contributed by atoms with van der Waals surface area (Å²) >= 11 is 0. The van der Waals surface area contributed by atoms with E-state index < -0.39 is 0 Å². The molecule has 2 rings (SSSR count). The lowest BCUT2D eigenvalue weighted by molar-refractivity contribution is 0.125. The van der Waals surface area contributed by atoms with Crippen molar-refractivity contribution in [1.29, 1.82) is 0 Å². The molecule has 0 bridgehead atoms. The highest BCUT2D eigenvalue weighted by molar-refractivity contribution is 4.87. The number of hydrogen-bond donors (Lipinski definition) is 1. The van der Waals surface area contributed by atoms with Crippen molar-refractivity contribution in [2.75, 3.05) is 39.3 Å². The average molecular weight is 239 g/mol. The molecule has 0 aromatic heterocycles. The number of unbranched alkanes of at least 4 members (excludes halogenated alkanes) is 1. The van der Waals surface area contributed by atoms with Gasteiger partial charge in [-0.1, -0.05) is 13.8 Å². The molecule has 1 saturated heterocycles. The summed E-state index contributed by atoms with van der Waals surface area (Å²) in [7, 11) is 0. The Morgan fingerprint density at radius 2 is 1.76 bits per heavy atom. The Kier molecular flexibility index (Phi) is 5.26. The van der Waals surface area contributed by atoms with Gasteiger partial charge >= 0.3 is 0 Å². The Balaban J connectivity index is 1.47. The second-order valence-electron chi connectivity index (χ2n) is 5.92. The van der Waals surface area contributed by atoms with Crippen molar-refractivity contribution in [2.45, 2.75) is 51.6 Å². The minimum Gasteiger partial charge on any atom is -0.315 e. The van der Waals surface area contributed by atoms with Gasteiger partial charge in [-0.3, -0.25) is 4.90 Å². The SMILES string of the molecule is CC(C)NCCCCN1CCN(C2CC2)CC1. The summed E-state index contributed by atoms with van der Waals surface area (Å²) in [5.41, 5.74) is 0. The van der Waals surface area contributed by atoms with Crippen LogP contribution in [0, 0.1) is 0 Å². The van der Waals surface area contributed by atoms with Gasteiger partial charge < -0.3 is 10.2 Å². The highest BCUT2D eigenvalue weighted by atomic mass is 15.3. The van der Waals surface area contributed by atoms with Gasteiger partial charge in [-0.05, 0) is 38.8 Å². The Morgan fingerprint density at radius 1 is 1.06 bits per heavy atom. The maximum Gasteiger partial charge on any atom is 0.0113 e. The lowest BCUT2D eigenvalue weighted by Crippen LogP contribution is -2.47. The maximum atomic E-state index is 3.49. The summed E-state index contributed by atoms with van der Waals surface area (Å²) in [5, 5.41) is 3.49. The molecule has 3 heteroatoms. The van der Waals surface area contributed by atoms with E-state index in [4.69, 9.17) is 0 Å². The van der Waals surface area contributed by atoms with Crippen LogP contribution in [0.1, 0.15) is 39.5 Å². The summed E-state index contributed by atoms with van der Waals surface area (Å²) < 4.78 is 0. The smallest absolute Gasteiger partial charge is 0.0113 e. The zero-order valence-electron chi connectivity index (χ0n) is 11.6. The van der Waals surface area contributed by atoms with Crippen LogP contribution < -0.4 is 5.32 Å². The number of rotatable bonds is 7. The topological polar surface area (TPSA) is 18.5 Å². The maximum absolute atomic E-state index is 3.49. The van der Waals surface area contributed by atoms with Crippen molar-refractivity contribution in [3.63, 3.8) is 0 Å². The van der Waals surface area contributed by atoms with Crippen LogP contribution in [0.2, 0.25) is 0 Å².